The third-order valence-corrected chi connectivity index (χ3v) is 5.61. The number of benzene rings is 3. The summed E-state index contributed by atoms with van der Waals surface area (Å²) in [6.07, 6.45) is 0. The monoisotopic (exact) mass is 537 g/mol. The first-order chi connectivity index (χ1) is 12.5. The van der Waals surface area contributed by atoms with Crippen molar-refractivity contribution in [2.75, 3.05) is 5.32 Å². The Morgan fingerprint density at radius 3 is 2.04 bits per heavy atom. The fraction of sp³-hybridized carbons (Fsp3) is 0.143. The van der Waals surface area contributed by atoms with Crippen LogP contribution in [0.2, 0.25) is 0 Å². The number of anilines is 1. The molecule has 0 amide bonds. The number of hydrogen-bond donors (Lipinski definition) is 1. The van der Waals surface area contributed by atoms with Gasteiger partial charge in [-0.3, -0.25) is 0 Å². The normalized spacial score (nSPS) is 10.6. The molecule has 0 aliphatic rings. The summed E-state index contributed by atoms with van der Waals surface area (Å²) < 4.78 is 8.95. The van der Waals surface area contributed by atoms with E-state index in [-0.39, 0.29) is 0 Å². The van der Waals surface area contributed by atoms with Crippen molar-refractivity contribution in [1.29, 1.82) is 0 Å². The van der Waals surface area contributed by atoms with Crippen LogP contribution in [0.4, 0.5) is 5.69 Å². The summed E-state index contributed by atoms with van der Waals surface area (Å²) in [5.74, 6) is 0.818. The van der Waals surface area contributed by atoms with Crippen molar-refractivity contribution in [3.8, 4) is 5.75 Å². The SMILES string of the molecule is Cc1ccc(COc2c(Br)cc(CNc3ccc(Br)cc3)cc2Br)cc1. The molecule has 0 saturated heterocycles. The van der Waals surface area contributed by atoms with Crippen molar-refractivity contribution < 1.29 is 4.74 Å². The van der Waals surface area contributed by atoms with E-state index in [0.717, 1.165) is 42.5 Å². The summed E-state index contributed by atoms with van der Waals surface area (Å²) in [6.45, 7) is 3.35. The lowest BCUT2D eigenvalue weighted by molar-refractivity contribution is 0.302. The molecule has 0 fully saturated rings. The maximum absolute atomic E-state index is 6.01. The standard InChI is InChI=1S/C21H18Br3NO/c1-14-2-4-15(5-3-14)13-26-21-19(23)10-16(11-20(21)24)12-25-18-8-6-17(22)7-9-18/h2-11,25H,12-13H2,1H3. The van der Waals surface area contributed by atoms with Gasteiger partial charge in [0.2, 0.25) is 0 Å². The molecule has 1 N–H and O–H groups in total. The van der Waals surface area contributed by atoms with Crippen LogP contribution >= 0.6 is 47.8 Å². The fourth-order valence-electron chi connectivity index (χ4n) is 2.46. The first-order valence-electron chi connectivity index (χ1n) is 8.17. The zero-order chi connectivity index (χ0) is 18.5. The van der Waals surface area contributed by atoms with Crippen LogP contribution in [0, 0.1) is 6.92 Å². The Bertz CT molecular complexity index is 854. The van der Waals surface area contributed by atoms with Crippen molar-refractivity contribution in [3.05, 3.63) is 90.8 Å². The Hall–Kier alpha value is -1.30. The summed E-state index contributed by atoms with van der Waals surface area (Å²) in [4.78, 5) is 0. The summed E-state index contributed by atoms with van der Waals surface area (Å²) >= 11 is 10.7. The molecule has 2 nitrogen and oxygen atoms in total. The second-order valence-electron chi connectivity index (χ2n) is 6.02. The topological polar surface area (TPSA) is 21.3 Å². The number of ether oxygens (including phenoxy) is 1. The van der Waals surface area contributed by atoms with Crippen LogP contribution in [0.15, 0.2) is 74.1 Å². The highest BCUT2D eigenvalue weighted by molar-refractivity contribution is 9.11. The first-order valence-corrected chi connectivity index (χ1v) is 10.5. The molecule has 26 heavy (non-hydrogen) atoms. The van der Waals surface area contributed by atoms with Gasteiger partial charge in [-0.25, -0.2) is 0 Å². The molecule has 0 aliphatic heterocycles. The van der Waals surface area contributed by atoms with E-state index in [9.17, 15) is 0 Å². The molecule has 0 unspecified atom stereocenters. The Kier molecular flexibility index (Phi) is 6.79. The molecule has 3 aromatic carbocycles. The van der Waals surface area contributed by atoms with Crippen LogP contribution in [0.5, 0.6) is 5.75 Å². The molecule has 3 aromatic rings. The van der Waals surface area contributed by atoms with Gasteiger partial charge in [0.15, 0.2) is 0 Å². The summed E-state index contributed by atoms with van der Waals surface area (Å²) in [6, 6.07) is 20.7. The average molecular weight is 540 g/mol. The van der Waals surface area contributed by atoms with Gasteiger partial charge >= 0.3 is 0 Å². The average Bonchev–Trinajstić information content (AvgIpc) is 2.62. The molecule has 0 bridgehead atoms. The predicted octanol–water partition coefficient (Wildman–Crippen LogP) is 7.47. The van der Waals surface area contributed by atoms with Crippen LogP contribution < -0.4 is 10.1 Å². The predicted molar refractivity (Wildman–Crippen MR) is 119 cm³/mol. The summed E-state index contributed by atoms with van der Waals surface area (Å²) in [5, 5.41) is 3.42. The van der Waals surface area contributed by atoms with Crippen LogP contribution in [0.25, 0.3) is 0 Å². The third-order valence-electron chi connectivity index (χ3n) is 3.90. The Morgan fingerprint density at radius 2 is 1.42 bits per heavy atom. The highest BCUT2D eigenvalue weighted by Crippen LogP contribution is 2.35. The number of nitrogens with one attached hydrogen (secondary N) is 1. The van der Waals surface area contributed by atoms with Gasteiger partial charge in [-0.05, 0) is 86.3 Å². The third kappa shape index (κ3) is 5.35. The van der Waals surface area contributed by atoms with Gasteiger partial charge in [-0.15, -0.1) is 0 Å². The minimum atomic E-state index is 0.536. The minimum Gasteiger partial charge on any atom is -0.487 e. The maximum atomic E-state index is 6.01. The van der Waals surface area contributed by atoms with Crippen LogP contribution in [-0.4, -0.2) is 0 Å². The van der Waals surface area contributed by atoms with Crippen molar-refractivity contribution in [3.63, 3.8) is 0 Å². The largest absolute Gasteiger partial charge is 0.487 e. The van der Waals surface area contributed by atoms with E-state index in [1.807, 2.05) is 24.3 Å². The molecule has 0 atom stereocenters. The van der Waals surface area contributed by atoms with E-state index < -0.39 is 0 Å². The van der Waals surface area contributed by atoms with Crippen LogP contribution in [0.1, 0.15) is 16.7 Å². The summed E-state index contributed by atoms with van der Waals surface area (Å²) in [7, 11) is 0. The Morgan fingerprint density at radius 1 is 0.808 bits per heavy atom. The molecule has 0 radical (unpaired) electrons. The van der Waals surface area contributed by atoms with Crippen molar-refractivity contribution in [1.82, 2.24) is 0 Å². The smallest absolute Gasteiger partial charge is 0.148 e. The van der Waals surface area contributed by atoms with E-state index in [0.29, 0.717) is 6.61 Å². The minimum absolute atomic E-state index is 0.536. The van der Waals surface area contributed by atoms with Crippen molar-refractivity contribution in [2.45, 2.75) is 20.1 Å². The van der Waals surface area contributed by atoms with Crippen molar-refractivity contribution in [2.24, 2.45) is 0 Å². The molecule has 0 heterocycles. The lowest BCUT2D eigenvalue weighted by Crippen LogP contribution is -2.01. The Labute approximate surface area is 179 Å². The second-order valence-corrected chi connectivity index (χ2v) is 8.65. The quantitative estimate of drug-likeness (QED) is 0.351. The van der Waals surface area contributed by atoms with Gasteiger partial charge in [0.25, 0.3) is 0 Å². The fourth-order valence-corrected chi connectivity index (χ4v) is 4.24. The summed E-state index contributed by atoms with van der Waals surface area (Å²) in [5.41, 5.74) is 4.64. The second kappa shape index (κ2) is 9.07. The van der Waals surface area contributed by atoms with Gasteiger partial charge in [-0.2, -0.15) is 0 Å². The maximum Gasteiger partial charge on any atom is 0.148 e. The van der Waals surface area contributed by atoms with E-state index in [4.69, 9.17) is 4.74 Å². The van der Waals surface area contributed by atoms with E-state index in [2.05, 4.69) is 96.4 Å². The van der Waals surface area contributed by atoms with E-state index in [1.165, 1.54) is 5.56 Å². The molecule has 0 saturated carbocycles. The van der Waals surface area contributed by atoms with Gasteiger partial charge < -0.3 is 10.1 Å². The number of hydrogen-bond acceptors (Lipinski definition) is 2. The molecule has 134 valence electrons. The number of aryl methyl sites for hydroxylation is 1. The molecule has 0 aromatic heterocycles. The highest BCUT2D eigenvalue weighted by atomic mass is 79.9. The molecular weight excluding hydrogens is 522 g/mol. The number of rotatable bonds is 6. The van der Waals surface area contributed by atoms with Gasteiger partial charge in [0.05, 0.1) is 8.95 Å². The van der Waals surface area contributed by atoms with Gasteiger partial charge in [0, 0.05) is 16.7 Å². The zero-order valence-electron chi connectivity index (χ0n) is 14.2. The van der Waals surface area contributed by atoms with Gasteiger partial charge in [-0.1, -0.05) is 45.8 Å². The van der Waals surface area contributed by atoms with Gasteiger partial charge in [0.1, 0.15) is 12.4 Å². The van der Waals surface area contributed by atoms with E-state index >= 15 is 0 Å². The number of halogens is 3. The first kappa shape index (κ1) is 19.5. The molecule has 5 heteroatoms. The highest BCUT2D eigenvalue weighted by Gasteiger charge is 2.10. The zero-order valence-corrected chi connectivity index (χ0v) is 19.0. The molecule has 3 rings (SSSR count). The lowest BCUT2D eigenvalue weighted by Gasteiger charge is -2.13. The molecular formula is C21H18Br3NO. The lowest BCUT2D eigenvalue weighted by atomic mass is 10.2. The molecule has 0 spiro atoms. The van der Waals surface area contributed by atoms with Crippen molar-refractivity contribution >= 4 is 53.5 Å². The Balaban J connectivity index is 1.65. The van der Waals surface area contributed by atoms with E-state index in [1.54, 1.807) is 0 Å². The van der Waals surface area contributed by atoms with Crippen LogP contribution in [0.3, 0.4) is 0 Å². The molecule has 0 aliphatic carbocycles. The van der Waals surface area contributed by atoms with Crippen LogP contribution in [-0.2, 0) is 13.2 Å².